The number of imidazole rings is 1. The van der Waals surface area contributed by atoms with Crippen LogP contribution in [0.25, 0.3) is 10.2 Å². The molecule has 0 spiro atoms. The van der Waals surface area contributed by atoms with Gasteiger partial charge in [-0.15, -0.1) is 0 Å². The Bertz CT molecular complexity index is 1210. The molecule has 0 aliphatic rings. The second kappa shape index (κ2) is 8.67. The van der Waals surface area contributed by atoms with Gasteiger partial charge in [-0.05, 0) is 30.7 Å². The number of benzene rings is 2. The van der Waals surface area contributed by atoms with Crippen LogP contribution >= 0.6 is 34.5 Å². The zero-order valence-electron chi connectivity index (χ0n) is 15.4. The zero-order valence-corrected chi connectivity index (χ0v) is 17.7. The van der Waals surface area contributed by atoms with E-state index >= 15 is 0 Å². The molecule has 5 nitrogen and oxygen atoms in total. The molecule has 0 saturated carbocycles. The second-order valence-corrected chi connectivity index (χ2v) is 8.32. The van der Waals surface area contributed by atoms with Gasteiger partial charge in [-0.25, -0.2) is 18.7 Å². The van der Waals surface area contributed by atoms with Crippen LogP contribution in [0.5, 0.6) is 0 Å². The van der Waals surface area contributed by atoms with Gasteiger partial charge in [0.05, 0.1) is 21.6 Å². The Labute approximate surface area is 184 Å². The maximum absolute atomic E-state index is 14.1. The molecule has 0 fully saturated rings. The standard InChI is InChI=1S/C20H14Cl2F2N4OS/c21-12-2-3-14(15(22)8-12)19(29)28(6-1-5-27-7-4-25-11-27)20-26-18-16(24)9-13(23)10-17(18)30-20/h2-4,7-11H,1,5-6H2. The number of thiazole rings is 1. The number of hydrogen-bond acceptors (Lipinski definition) is 4. The first-order valence-corrected chi connectivity index (χ1v) is 10.5. The molecule has 2 aromatic heterocycles. The van der Waals surface area contributed by atoms with Crippen LogP contribution in [0, 0.1) is 11.6 Å². The number of halogens is 4. The van der Waals surface area contributed by atoms with Crippen molar-refractivity contribution in [2.75, 3.05) is 11.4 Å². The molecule has 0 atom stereocenters. The van der Waals surface area contributed by atoms with Gasteiger partial charge in [0.2, 0.25) is 0 Å². The zero-order chi connectivity index (χ0) is 21.3. The van der Waals surface area contributed by atoms with E-state index < -0.39 is 17.5 Å². The maximum atomic E-state index is 14.1. The number of anilines is 1. The van der Waals surface area contributed by atoms with Crippen LogP contribution in [0.1, 0.15) is 16.8 Å². The summed E-state index contributed by atoms with van der Waals surface area (Å²) in [7, 11) is 0. The summed E-state index contributed by atoms with van der Waals surface area (Å²) in [5.74, 6) is -1.88. The first-order valence-electron chi connectivity index (χ1n) is 8.90. The molecule has 2 aromatic carbocycles. The molecule has 0 aliphatic heterocycles. The highest BCUT2D eigenvalue weighted by molar-refractivity contribution is 7.22. The number of aromatic nitrogens is 3. The van der Waals surface area contributed by atoms with E-state index in [9.17, 15) is 13.6 Å². The summed E-state index contributed by atoms with van der Waals surface area (Å²) in [5.41, 5.74) is 0.264. The summed E-state index contributed by atoms with van der Waals surface area (Å²) in [5, 5.41) is 0.863. The molecule has 2 heterocycles. The van der Waals surface area contributed by atoms with E-state index in [-0.39, 0.29) is 21.2 Å². The average molecular weight is 467 g/mol. The van der Waals surface area contributed by atoms with E-state index in [1.807, 2.05) is 10.8 Å². The molecule has 1 amide bonds. The lowest BCUT2D eigenvalue weighted by Crippen LogP contribution is -2.32. The van der Waals surface area contributed by atoms with Gasteiger partial charge < -0.3 is 4.57 Å². The number of hydrogen-bond donors (Lipinski definition) is 0. The Morgan fingerprint density at radius 2 is 2.03 bits per heavy atom. The molecule has 10 heteroatoms. The number of carbonyl (C=O) groups is 1. The van der Waals surface area contributed by atoms with Crippen LogP contribution in [0.3, 0.4) is 0 Å². The van der Waals surface area contributed by atoms with Crippen LogP contribution in [-0.2, 0) is 6.54 Å². The lowest BCUT2D eigenvalue weighted by atomic mass is 10.2. The van der Waals surface area contributed by atoms with Gasteiger partial charge in [0.15, 0.2) is 10.9 Å². The summed E-state index contributed by atoms with van der Waals surface area (Å²) >= 11 is 13.2. The van der Waals surface area contributed by atoms with Crippen molar-refractivity contribution in [1.29, 1.82) is 0 Å². The lowest BCUT2D eigenvalue weighted by molar-refractivity contribution is 0.0986. The lowest BCUT2D eigenvalue weighted by Gasteiger charge is -2.20. The van der Waals surface area contributed by atoms with Crippen molar-refractivity contribution in [3.63, 3.8) is 0 Å². The van der Waals surface area contributed by atoms with Crippen LogP contribution in [-0.4, -0.2) is 27.0 Å². The average Bonchev–Trinajstić information content (AvgIpc) is 3.34. The van der Waals surface area contributed by atoms with E-state index in [0.29, 0.717) is 29.2 Å². The van der Waals surface area contributed by atoms with Crippen LogP contribution in [0.4, 0.5) is 13.9 Å². The van der Waals surface area contributed by atoms with E-state index in [0.717, 1.165) is 17.4 Å². The van der Waals surface area contributed by atoms with Crippen molar-refractivity contribution < 1.29 is 13.6 Å². The quantitative estimate of drug-likeness (QED) is 0.360. The SMILES string of the molecule is O=C(c1ccc(Cl)cc1Cl)N(CCCn1ccnc1)c1nc2c(F)cc(F)cc2s1. The third-order valence-electron chi connectivity index (χ3n) is 4.40. The molecule has 4 rings (SSSR count). The Morgan fingerprint density at radius 3 is 2.77 bits per heavy atom. The van der Waals surface area contributed by atoms with E-state index in [2.05, 4.69) is 9.97 Å². The van der Waals surface area contributed by atoms with Crippen LogP contribution in [0.15, 0.2) is 49.1 Å². The van der Waals surface area contributed by atoms with Gasteiger partial charge in [-0.1, -0.05) is 34.5 Å². The molecule has 0 aliphatic carbocycles. The number of aryl methyl sites for hydroxylation is 1. The predicted octanol–water partition coefficient (Wildman–Crippen LogP) is 5.81. The third kappa shape index (κ3) is 4.30. The maximum Gasteiger partial charge on any atom is 0.261 e. The van der Waals surface area contributed by atoms with Crippen LogP contribution in [0.2, 0.25) is 10.0 Å². The highest BCUT2D eigenvalue weighted by atomic mass is 35.5. The number of amides is 1. The predicted molar refractivity (Wildman–Crippen MR) is 115 cm³/mol. The molecule has 0 bridgehead atoms. The fourth-order valence-electron chi connectivity index (χ4n) is 2.98. The normalized spacial score (nSPS) is 11.2. The van der Waals surface area contributed by atoms with Crippen molar-refractivity contribution in [3.8, 4) is 0 Å². The highest BCUT2D eigenvalue weighted by Crippen LogP contribution is 2.33. The Balaban J connectivity index is 1.69. The van der Waals surface area contributed by atoms with Crippen molar-refractivity contribution in [3.05, 3.63) is 76.3 Å². The van der Waals surface area contributed by atoms with E-state index in [1.54, 1.807) is 18.6 Å². The van der Waals surface area contributed by atoms with Gasteiger partial charge in [-0.3, -0.25) is 9.69 Å². The van der Waals surface area contributed by atoms with Gasteiger partial charge in [-0.2, -0.15) is 0 Å². The Hall–Kier alpha value is -2.55. The van der Waals surface area contributed by atoms with E-state index in [1.165, 1.54) is 23.1 Å². The molecule has 0 saturated heterocycles. The molecular weight excluding hydrogens is 453 g/mol. The highest BCUT2D eigenvalue weighted by Gasteiger charge is 2.24. The molecule has 0 radical (unpaired) electrons. The van der Waals surface area contributed by atoms with Crippen molar-refractivity contribution >= 4 is 55.8 Å². The summed E-state index contributed by atoms with van der Waals surface area (Å²) in [6.07, 6.45) is 5.75. The minimum atomic E-state index is -0.775. The number of nitrogens with zero attached hydrogens (tertiary/aromatic N) is 4. The molecule has 4 aromatic rings. The van der Waals surface area contributed by atoms with Gasteiger partial charge in [0, 0.05) is 36.6 Å². The number of rotatable bonds is 6. The monoisotopic (exact) mass is 466 g/mol. The van der Waals surface area contributed by atoms with Crippen molar-refractivity contribution in [1.82, 2.24) is 14.5 Å². The summed E-state index contributed by atoms with van der Waals surface area (Å²) in [6, 6.07) is 6.55. The largest absolute Gasteiger partial charge is 0.337 e. The van der Waals surface area contributed by atoms with Gasteiger partial charge >= 0.3 is 0 Å². The van der Waals surface area contributed by atoms with Crippen molar-refractivity contribution in [2.45, 2.75) is 13.0 Å². The first-order chi connectivity index (χ1) is 14.4. The topological polar surface area (TPSA) is 51.0 Å². The second-order valence-electron chi connectivity index (χ2n) is 6.47. The Morgan fingerprint density at radius 1 is 1.20 bits per heavy atom. The fraction of sp³-hybridized carbons (Fsp3) is 0.150. The first kappa shape index (κ1) is 20.7. The molecule has 154 valence electrons. The van der Waals surface area contributed by atoms with Gasteiger partial charge in [0.1, 0.15) is 11.3 Å². The molecule has 0 unspecified atom stereocenters. The summed E-state index contributed by atoms with van der Waals surface area (Å²) in [6.45, 7) is 0.909. The summed E-state index contributed by atoms with van der Waals surface area (Å²) < 4.78 is 29.9. The molecular formula is C20H14Cl2F2N4OS. The van der Waals surface area contributed by atoms with E-state index in [4.69, 9.17) is 23.2 Å². The smallest absolute Gasteiger partial charge is 0.261 e. The Kier molecular flexibility index (Phi) is 5.99. The third-order valence-corrected chi connectivity index (χ3v) is 5.97. The molecule has 0 N–H and O–H groups in total. The fourth-order valence-corrected chi connectivity index (χ4v) is 4.50. The van der Waals surface area contributed by atoms with Crippen LogP contribution < -0.4 is 4.90 Å². The molecule has 30 heavy (non-hydrogen) atoms. The summed E-state index contributed by atoms with van der Waals surface area (Å²) in [4.78, 5) is 23.0. The van der Waals surface area contributed by atoms with Crippen molar-refractivity contribution in [2.24, 2.45) is 0 Å². The minimum Gasteiger partial charge on any atom is -0.337 e. The minimum absolute atomic E-state index is 0.0195. The number of carbonyl (C=O) groups excluding carboxylic acids is 1. The van der Waals surface area contributed by atoms with Gasteiger partial charge in [0.25, 0.3) is 5.91 Å². The number of fused-ring (bicyclic) bond motifs is 1.